The van der Waals surface area contributed by atoms with Crippen molar-refractivity contribution in [3.05, 3.63) is 0 Å². The molecule has 0 bridgehead atoms. The van der Waals surface area contributed by atoms with Crippen molar-refractivity contribution in [2.45, 2.75) is 76.1 Å². The average molecular weight is 571 g/mol. The fourth-order valence-corrected chi connectivity index (χ4v) is 14.8. The monoisotopic (exact) mass is 570 g/mol. The van der Waals surface area contributed by atoms with Gasteiger partial charge in [0.1, 0.15) is 21.7 Å². The second-order valence-corrected chi connectivity index (χ2v) is 17.5. The highest BCUT2D eigenvalue weighted by atomic mass is 33.8. The van der Waals surface area contributed by atoms with Crippen LogP contribution >= 0.6 is 51.1 Å². The van der Waals surface area contributed by atoms with Crippen LogP contribution in [0.3, 0.4) is 0 Å². The Morgan fingerprint density at radius 2 is 0.871 bits per heavy atom. The number of hydrogen-bond acceptors (Lipinski definition) is 11. The third kappa shape index (κ3) is 16.3. The van der Waals surface area contributed by atoms with Gasteiger partial charge < -0.3 is 28.4 Å². The molecule has 0 fully saturated rings. The van der Waals surface area contributed by atoms with Crippen LogP contribution in [0.15, 0.2) is 0 Å². The van der Waals surface area contributed by atoms with E-state index < -0.39 is 10.8 Å². The Kier molecular flexibility index (Phi) is 21.4. The lowest BCUT2D eigenvalue weighted by Crippen LogP contribution is -2.40. The fourth-order valence-electron chi connectivity index (χ4n) is 2.89. The summed E-state index contributed by atoms with van der Waals surface area (Å²) in [6.45, 7) is 16.0. The maximum Gasteiger partial charge on any atom is 0.144 e. The quantitative estimate of drug-likeness (QED) is 0.0821. The summed E-state index contributed by atoms with van der Waals surface area (Å²) >= 11 is 0. The lowest BCUT2D eigenvalue weighted by atomic mass is 10.4. The summed E-state index contributed by atoms with van der Waals surface area (Å²) in [6, 6.07) is 0. The molecular weight excluding hydrogens is 529 g/mol. The van der Waals surface area contributed by atoms with Crippen molar-refractivity contribution in [2.24, 2.45) is 0 Å². The molecule has 0 rings (SSSR count). The molecule has 188 valence electrons. The van der Waals surface area contributed by atoms with Crippen LogP contribution in [0.5, 0.6) is 0 Å². The Bertz CT molecular complexity index is 383. The molecule has 0 aromatic rings. The largest absolute Gasteiger partial charge is 0.367 e. The van der Waals surface area contributed by atoms with E-state index in [2.05, 4.69) is 0 Å². The Labute approximate surface area is 214 Å². The molecule has 31 heavy (non-hydrogen) atoms. The minimum atomic E-state index is -0.490. The predicted molar refractivity (Wildman–Crippen MR) is 150 cm³/mol. The average Bonchev–Trinajstić information content (AvgIpc) is 2.68. The van der Waals surface area contributed by atoms with Gasteiger partial charge in [0.15, 0.2) is 0 Å². The van der Waals surface area contributed by atoms with Crippen molar-refractivity contribution in [2.75, 3.05) is 39.6 Å². The van der Waals surface area contributed by atoms with Crippen molar-refractivity contribution >= 4 is 71.6 Å². The molecule has 6 nitrogen and oxygen atoms in total. The van der Waals surface area contributed by atoms with Gasteiger partial charge in [-0.05, 0) is 92.6 Å². The third-order valence-electron chi connectivity index (χ3n) is 3.93. The maximum atomic E-state index is 5.94. The molecule has 0 N–H and O–H groups in total. The predicted octanol–water partition coefficient (Wildman–Crippen LogP) is 4.00. The molecule has 0 aliphatic rings. The van der Waals surface area contributed by atoms with Crippen LogP contribution < -0.4 is 0 Å². The van der Waals surface area contributed by atoms with Crippen LogP contribution in [0.4, 0.5) is 0 Å². The van der Waals surface area contributed by atoms with Crippen molar-refractivity contribution < 1.29 is 28.4 Å². The number of hydrogen-bond donors (Lipinski definition) is 0. The third-order valence-corrected chi connectivity index (χ3v) is 14.7. The SMILES string of the molecule is CCOC(CC([SiH3])(OCC)OCC)SSSSSC(CC([SiH3])(OCC)OCC)OCC. The second-order valence-electron chi connectivity index (χ2n) is 6.57. The van der Waals surface area contributed by atoms with E-state index in [1.165, 1.54) is 0 Å². The van der Waals surface area contributed by atoms with Crippen LogP contribution in [0, 0.1) is 0 Å². The molecule has 0 saturated carbocycles. The topological polar surface area (TPSA) is 55.4 Å². The van der Waals surface area contributed by atoms with Crippen LogP contribution in [0.2, 0.25) is 0 Å². The minimum Gasteiger partial charge on any atom is -0.367 e. The molecule has 0 aliphatic heterocycles. The maximum absolute atomic E-state index is 5.94. The summed E-state index contributed by atoms with van der Waals surface area (Å²) in [6.07, 6.45) is 1.47. The van der Waals surface area contributed by atoms with Gasteiger partial charge in [-0.3, -0.25) is 0 Å². The van der Waals surface area contributed by atoms with Crippen LogP contribution in [0.25, 0.3) is 0 Å². The highest BCUT2D eigenvalue weighted by Gasteiger charge is 2.31. The molecule has 0 saturated heterocycles. The van der Waals surface area contributed by atoms with Gasteiger partial charge >= 0.3 is 0 Å². The Morgan fingerprint density at radius 1 is 0.548 bits per heavy atom. The van der Waals surface area contributed by atoms with E-state index in [1.807, 2.05) is 41.5 Å². The van der Waals surface area contributed by atoms with Crippen molar-refractivity contribution in [3.63, 3.8) is 0 Å². The van der Waals surface area contributed by atoms with E-state index in [-0.39, 0.29) is 10.9 Å². The van der Waals surface area contributed by atoms with E-state index in [0.29, 0.717) is 39.6 Å². The number of ether oxygens (including phenoxy) is 6. The van der Waals surface area contributed by atoms with E-state index in [4.69, 9.17) is 28.4 Å². The smallest absolute Gasteiger partial charge is 0.144 e. The van der Waals surface area contributed by atoms with Crippen molar-refractivity contribution in [1.29, 1.82) is 0 Å². The molecule has 2 unspecified atom stereocenters. The zero-order valence-electron chi connectivity index (χ0n) is 20.3. The summed E-state index contributed by atoms with van der Waals surface area (Å²) in [5.41, 5.74) is -0.930. The van der Waals surface area contributed by atoms with E-state index in [0.717, 1.165) is 33.3 Å². The molecule has 0 radical (unpaired) electrons. The normalized spacial score (nSPS) is 14.9. The number of rotatable bonds is 22. The summed E-state index contributed by atoms with van der Waals surface area (Å²) < 4.78 is 35.5. The molecule has 2 atom stereocenters. The van der Waals surface area contributed by atoms with Gasteiger partial charge in [0, 0.05) is 52.5 Å². The van der Waals surface area contributed by atoms with E-state index in [9.17, 15) is 0 Å². The van der Waals surface area contributed by atoms with E-state index >= 15 is 0 Å². The standard InChI is InChI=1S/C18H42O6S5Si2/c1-7-19-15(13-17(30,21-9-3)22-10-4)25-27-29-28-26-16(20-8-2)14-18(31,23-11-5)24-12-6/h15-16H,7-14H2,1-6,30-31H3. The summed E-state index contributed by atoms with van der Waals surface area (Å²) in [4.78, 5) is 0. The lowest BCUT2D eigenvalue weighted by Gasteiger charge is -2.32. The molecule has 0 spiro atoms. The van der Waals surface area contributed by atoms with Gasteiger partial charge in [-0.1, -0.05) is 0 Å². The highest BCUT2D eigenvalue weighted by molar-refractivity contribution is 9.35. The zero-order valence-corrected chi connectivity index (χ0v) is 28.4. The van der Waals surface area contributed by atoms with Crippen molar-refractivity contribution in [3.8, 4) is 0 Å². The van der Waals surface area contributed by atoms with Crippen molar-refractivity contribution in [1.82, 2.24) is 0 Å². The lowest BCUT2D eigenvalue weighted by molar-refractivity contribution is -0.185. The van der Waals surface area contributed by atoms with E-state index in [1.54, 1.807) is 51.1 Å². The molecule has 0 aromatic heterocycles. The first-order valence-corrected chi connectivity index (χ1v) is 19.2. The first kappa shape index (κ1) is 32.9. The Hall–Kier alpha value is 1.94. The van der Waals surface area contributed by atoms with Gasteiger partial charge in [-0.15, -0.1) is 0 Å². The fraction of sp³-hybridized carbons (Fsp3) is 1.00. The molecule has 0 aromatic carbocycles. The van der Waals surface area contributed by atoms with Gasteiger partial charge in [0.05, 0.1) is 20.5 Å². The highest BCUT2D eigenvalue weighted by Crippen LogP contribution is 2.52. The first-order chi connectivity index (χ1) is 14.8. The summed E-state index contributed by atoms with van der Waals surface area (Å²) in [7, 11) is 10.2. The zero-order chi connectivity index (χ0) is 23.6. The molecule has 0 heterocycles. The minimum absolute atomic E-state index is 0.0246. The van der Waals surface area contributed by atoms with Gasteiger partial charge in [0.2, 0.25) is 0 Å². The molecule has 0 amide bonds. The molecular formula is C18H42O6S5Si2. The summed E-state index contributed by atoms with van der Waals surface area (Å²) in [5, 5.41) is 0. The van der Waals surface area contributed by atoms with Crippen LogP contribution in [-0.2, 0) is 28.4 Å². The molecule has 13 heteroatoms. The Morgan fingerprint density at radius 3 is 1.13 bits per heavy atom. The summed E-state index contributed by atoms with van der Waals surface area (Å²) in [5.74, 6) is 0. The second kappa shape index (κ2) is 20.2. The van der Waals surface area contributed by atoms with Crippen LogP contribution in [-0.4, -0.2) is 81.8 Å². The van der Waals surface area contributed by atoms with Gasteiger partial charge in [-0.25, -0.2) is 0 Å². The van der Waals surface area contributed by atoms with Gasteiger partial charge in [-0.2, -0.15) is 0 Å². The molecule has 0 aliphatic carbocycles. The Balaban J connectivity index is 4.56. The van der Waals surface area contributed by atoms with Gasteiger partial charge in [0.25, 0.3) is 0 Å². The van der Waals surface area contributed by atoms with Crippen LogP contribution in [0.1, 0.15) is 54.4 Å². The first-order valence-electron chi connectivity index (χ1n) is 10.9.